The molecule has 1 atom stereocenters. The summed E-state index contributed by atoms with van der Waals surface area (Å²) in [6, 6.07) is 62.2. The fourth-order valence-corrected chi connectivity index (χ4v) is 9.23. The molecular weight excluding hydrogens is 666 g/mol. The van der Waals surface area contributed by atoms with Crippen molar-refractivity contribution in [3.05, 3.63) is 170 Å². The van der Waals surface area contributed by atoms with Crippen molar-refractivity contribution in [3.63, 3.8) is 0 Å². The van der Waals surface area contributed by atoms with Crippen molar-refractivity contribution in [2.24, 2.45) is 0 Å². The zero-order chi connectivity index (χ0) is 35.4. The van der Waals surface area contributed by atoms with Crippen molar-refractivity contribution in [1.29, 1.82) is 0 Å². The van der Waals surface area contributed by atoms with E-state index in [2.05, 4.69) is 164 Å². The van der Waals surface area contributed by atoms with Gasteiger partial charge in [0.2, 0.25) is 0 Å². The van der Waals surface area contributed by atoms with Crippen LogP contribution in [0.25, 0.3) is 87.6 Å². The van der Waals surface area contributed by atoms with Crippen LogP contribution in [0.3, 0.4) is 0 Å². The third kappa shape index (κ3) is 5.85. The largest absolute Gasteiger partial charge is 0.319 e. The predicted molar refractivity (Wildman–Crippen MR) is 231 cm³/mol. The summed E-state index contributed by atoms with van der Waals surface area (Å²) < 4.78 is 13.2. The lowest BCUT2D eigenvalue weighted by Gasteiger charge is -2.20. The van der Waals surface area contributed by atoms with Gasteiger partial charge in [0.1, 0.15) is 7.14 Å². The van der Waals surface area contributed by atoms with E-state index in [4.69, 9.17) is 0 Å². The number of hydrogen-bond donors (Lipinski definition) is 0. The zero-order valence-corrected chi connectivity index (χ0v) is 31.4. The van der Waals surface area contributed by atoms with Crippen LogP contribution in [0.2, 0.25) is 0 Å². The molecule has 0 aromatic heterocycles. The minimum absolute atomic E-state index is 0.743. The summed E-state index contributed by atoms with van der Waals surface area (Å²) >= 11 is 0. The maximum absolute atomic E-state index is 13.2. The van der Waals surface area contributed by atoms with E-state index in [9.17, 15) is 4.57 Å². The molecular formula is C49H38OP2. The number of benzene rings is 9. The van der Waals surface area contributed by atoms with Crippen LogP contribution in [0.5, 0.6) is 0 Å². The maximum Gasteiger partial charge on any atom is 0.109 e. The van der Waals surface area contributed by atoms with Gasteiger partial charge in [-0.1, -0.05) is 142 Å². The van der Waals surface area contributed by atoms with Crippen LogP contribution in [0, 0.1) is 0 Å². The molecule has 9 rings (SSSR count). The average Bonchev–Trinajstić information content (AvgIpc) is 3.19. The Bertz CT molecular complexity index is 2900. The van der Waals surface area contributed by atoms with Gasteiger partial charge in [0.15, 0.2) is 0 Å². The van der Waals surface area contributed by atoms with Crippen molar-refractivity contribution >= 4 is 69.4 Å². The highest BCUT2D eigenvalue weighted by atomic mass is 31.2. The first-order valence-corrected chi connectivity index (χ1v) is 21.9. The summed E-state index contributed by atoms with van der Waals surface area (Å²) in [5.41, 5.74) is 9.51. The Labute approximate surface area is 307 Å². The molecule has 0 spiro atoms. The van der Waals surface area contributed by atoms with Crippen LogP contribution in [0.4, 0.5) is 0 Å². The van der Waals surface area contributed by atoms with Gasteiger partial charge in [0, 0.05) is 5.30 Å². The van der Waals surface area contributed by atoms with Gasteiger partial charge in [-0.3, -0.25) is 0 Å². The summed E-state index contributed by atoms with van der Waals surface area (Å²) in [7, 11) is -1.69. The molecule has 0 amide bonds. The summed E-state index contributed by atoms with van der Waals surface area (Å²) in [6.07, 6.45) is 0. The first-order valence-electron chi connectivity index (χ1n) is 17.8. The molecule has 0 heterocycles. The van der Waals surface area contributed by atoms with Gasteiger partial charge in [0.25, 0.3) is 0 Å². The lowest BCUT2D eigenvalue weighted by Crippen LogP contribution is -2.02. The topological polar surface area (TPSA) is 17.1 Å². The van der Waals surface area contributed by atoms with Crippen LogP contribution in [0.15, 0.2) is 170 Å². The Hall–Kier alpha value is -5.32. The van der Waals surface area contributed by atoms with Crippen LogP contribution >= 0.6 is 15.7 Å². The first-order chi connectivity index (χ1) is 25.3. The third-order valence-electron chi connectivity index (χ3n) is 10.5. The molecule has 0 saturated heterocycles. The lowest BCUT2D eigenvalue weighted by atomic mass is 9.83. The van der Waals surface area contributed by atoms with Gasteiger partial charge >= 0.3 is 0 Å². The highest BCUT2D eigenvalue weighted by Gasteiger charge is 2.20. The third-order valence-corrected chi connectivity index (χ3v) is 12.9. The highest BCUT2D eigenvalue weighted by Crippen LogP contribution is 2.47. The van der Waals surface area contributed by atoms with E-state index in [0.717, 1.165) is 25.0 Å². The van der Waals surface area contributed by atoms with E-state index in [-0.39, 0.29) is 0 Å². The molecule has 0 bridgehead atoms. The zero-order valence-electron chi connectivity index (χ0n) is 29.5. The van der Waals surface area contributed by atoms with Crippen molar-refractivity contribution < 1.29 is 4.57 Å². The Kier molecular flexibility index (Phi) is 8.16. The van der Waals surface area contributed by atoms with Gasteiger partial charge in [0.05, 0.1) is 0 Å². The van der Waals surface area contributed by atoms with Crippen LogP contribution in [0.1, 0.15) is 0 Å². The molecule has 0 aliphatic heterocycles. The van der Waals surface area contributed by atoms with E-state index in [0.29, 0.717) is 0 Å². The van der Waals surface area contributed by atoms with E-state index in [1.807, 2.05) is 25.5 Å². The van der Waals surface area contributed by atoms with Gasteiger partial charge in [-0.25, -0.2) is 0 Å². The van der Waals surface area contributed by atoms with Crippen molar-refractivity contribution in [2.45, 2.75) is 0 Å². The molecule has 1 unspecified atom stereocenters. The Balaban J connectivity index is 1.41. The van der Waals surface area contributed by atoms with Gasteiger partial charge in [-0.2, -0.15) is 0 Å². The fourth-order valence-electron chi connectivity index (χ4n) is 7.77. The molecule has 0 N–H and O–H groups in total. The molecule has 0 radical (unpaired) electrons. The quantitative estimate of drug-likeness (QED) is 0.124. The summed E-state index contributed by atoms with van der Waals surface area (Å²) in [5, 5.41) is 12.0. The predicted octanol–water partition coefficient (Wildman–Crippen LogP) is 13.1. The normalized spacial score (nSPS) is 12.1. The van der Waals surface area contributed by atoms with Crippen LogP contribution in [-0.4, -0.2) is 20.0 Å². The average molecular weight is 705 g/mol. The van der Waals surface area contributed by atoms with E-state index in [1.165, 1.54) is 81.8 Å². The summed E-state index contributed by atoms with van der Waals surface area (Å²) in [6.45, 7) is 5.94. The SMILES string of the molecule is CPc1cccc(-c2ccc3c(-c4ccc5ccccc5c4)c4cc(-c5cccc(P(C)(C)=O)c5)ccc4c(-c4ccc5ccccc5c4)c3c2)c1. The van der Waals surface area contributed by atoms with E-state index >= 15 is 0 Å². The molecule has 250 valence electrons. The van der Waals surface area contributed by atoms with Crippen LogP contribution in [-0.2, 0) is 4.57 Å². The smallest absolute Gasteiger partial charge is 0.109 e. The number of hydrogen-bond acceptors (Lipinski definition) is 1. The van der Waals surface area contributed by atoms with E-state index in [1.54, 1.807) is 0 Å². The van der Waals surface area contributed by atoms with Crippen LogP contribution < -0.4 is 10.6 Å². The Morgan fingerprint density at radius 2 is 0.846 bits per heavy atom. The molecule has 3 heteroatoms. The second-order valence-electron chi connectivity index (χ2n) is 14.1. The van der Waals surface area contributed by atoms with Gasteiger partial charge in [-0.15, -0.1) is 0 Å². The maximum atomic E-state index is 13.2. The molecule has 0 fully saturated rings. The van der Waals surface area contributed by atoms with Gasteiger partial charge < -0.3 is 4.57 Å². The monoisotopic (exact) mass is 704 g/mol. The fraction of sp³-hybridized carbons (Fsp3) is 0.0612. The summed E-state index contributed by atoms with van der Waals surface area (Å²) in [4.78, 5) is 0. The second kappa shape index (κ2) is 13.0. The molecule has 0 saturated carbocycles. The molecule has 1 nitrogen and oxygen atoms in total. The van der Waals surface area contributed by atoms with Crippen molar-refractivity contribution in [1.82, 2.24) is 0 Å². The second-order valence-corrected chi connectivity index (χ2v) is 18.4. The minimum Gasteiger partial charge on any atom is -0.319 e. The highest BCUT2D eigenvalue weighted by molar-refractivity contribution is 7.70. The standard InChI is InChI=1S/C49H38OP2/c1-51-42-16-8-14-36(28-42)38-22-24-44-46(30-38)48(40-20-18-32-10-4-6-12-34(32)26-40)45-25-23-39(37-15-9-17-43(29-37)52(2,3)50)31-47(45)49(44)41-21-19-33-11-5-7-13-35(33)27-41/h4-31,51H,1-3H3. The van der Waals surface area contributed by atoms with E-state index < -0.39 is 7.14 Å². The van der Waals surface area contributed by atoms with Crippen molar-refractivity contribution in [2.75, 3.05) is 20.0 Å². The minimum atomic E-state index is -2.43. The van der Waals surface area contributed by atoms with Gasteiger partial charge in [-0.05, 0) is 149 Å². The first kappa shape index (κ1) is 32.6. The lowest BCUT2D eigenvalue weighted by molar-refractivity contribution is 0.588. The Morgan fingerprint density at radius 3 is 1.37 bits per heavy atom. The van der Waals surface area contributed by atoms with Crippen molar-refractivity contribution in [3.8, 4) is 44.5 Å². The molecule has 52 heavy (non-hydrogen) atoms. The molecule has 0 aliphatic carbocycles. The summed E-state index contributed by atoms with van der Waals surface area (Å²) in [5.74, 6) is 0. The molecule has 0 aliphatic rings. The number of fused-ring (bicyclic) bond motifs is 4. The Morgan fingerprint density at radius 1 is 0.385 bits per heavy atom. The molecule has 9 aromatic carbocycles. The molecule has 9 aromatic rings. The number of rotatable bonds is 6.